The van der Waals surface area contributed by atoms with Gasteiger partial charge < -0.3 is 10.4 Å². The van der Waals surface area contributed by atoms with E-state index in [0.717, 1.165) is 33.0 Å². The average molecular weight is 348 g/mol. The first-order valence-corrected chi connectivity index (χ1v) is 8.59. The van der Waals surface area contributed by atoms with Crippen molar-refractivity contribution in [1.29, 1.82) is 0 Å². The summed E-state index contributed by atoms with van der Waals surface area (Å²) in [5.41, 5.74) is 5.13. The summed E-state index contributed by atoms with van der Waals surface area (Å²) in [5, 5.41) is 13.9. The van der Waals surface area contributed by atoms with Crippen LogP contribution in [0.2, 0.25) is 5.02 Å². The molecule has 0 aliphatic carbocycles. The number of benzene rings is 3. The minimum Gasteiger partial charge on any atom is -0.508 e. The molecule has 0 amide bonds. The zero-order valence-corrected chi connectivity index (χ0v) is 14.6. The number of aromatic hydroxyl groups is 1. The molecule has 2 N–H and O–H groups in total. The number of anilines is 1. The van der Waals surface area contributed by atoms with Gasteiger partial charge in [0.1, 0.15) is 5.75 Å². The van der Waals surface area contributed by atoms with Gasteiger partial charge in [0.15, 0.2) is 0 Å². The van der Waals surface area contributed by atoms with Gasteiger partial charge in [0.2, 0.25) is 0 Å². The van der Waals surface area contributed by atoms with Crippen LogP contribution in [0.1, 0.15) is 23.6 Å². The Morgan fingerprint density at radius 3 is 2.36 bits per heavy atom. The average Bonchev–Trinajstić information content (AvgIpc) is 2.63. The van der Waals surface area contributed by atoms with Crippen LogP contribution in [0.4, 0.5) is 5.69 Å². The van der Waals surface area contributed by atoms with E-state index in [-0.39, 0.29) is 11.3 Å². The van der Waals surface area contributed by atoms with Gasteiger partial charge in [-0.25, -0.2) is 0 Å². The topological polar surface area (TPSA) is 32.3 Å². The molecule has 1 aliphatic heterocycles. The molecular weight excluding hydrogens is 330 g/mol. The Kier molecular flexibility index (Phi) is 3.78. The van der Waals surface area contributed by atoms with Crippen LogP contribution in [0.25, 0.3) is 5.57 Å². The third-order valence-electron chi connectivity index (χ3n) is 4.65. The molecule has 0 saturated heterocycles. The molecule has 0 spiro atoms. The Labute approximate surface area is 152 Å². The van der Waals surface area contributed by atoms with Gasteiger partial charge >= 0.3 is 0 Å². The maximum atomic E-state index is 9.61. The fraction of sp³-hybridized carbons (Fsp3) is 0.0909. The summed E-state index contributed by atoms with van der Waals surface area (Å²) in [5.74, 6) is 0.266. The van der Waals surface area contributed by atoms with Crippen molar-refractivity contribution in [2.75, 3.05) is 5.32 Å². The molecule has 3 heteroatoms. The molecule has 0 aromatic heterocycles. The highest BCUT2D eigenvalue weighted by Crippen LogP contribution is 2.42. The van der Waals surface area contributed by atoms with E-state index in [2.05, 4.69) is 30.4 Å². The van der Waals surface area contributed by atoms with Crippen molar-refractivity contribution < 1.29 is 5.11 Å². The molecule has 1 atom stereocenters. The largest absolute Gasteiger partial charge is 0.508 e. The maximum absolute atomic E-state index is 9.61. The Morgan fingerprint density at radius 1 is 0.920 bits per heavy atom. The first kappa shape index (κ1) is 15.8. The van der Waals surface area contributed by atoms with E-state index >= 15 is 0 Å². The first-order chi connectivity index (χ1) is 12.0. The highest BCUT2D eigenvalue weighted by Gasteiger charge is 2.31. The molecule has 3 aromatic rings. The minimum atomic E-state index is -0.389. The van der Waals surface area contributed by atoms with Crippen LogP contribution in [0.15, 0.2) is 78.9 Å². The Hall–Kier alpha value is -2.71. The number of hydrogen-bond acceptors (Lipinski definition) is 2. The SMILES string of the molecule is CC1(c2ccc(O)cc2)C=C(c2ccccc2)c2cc(Cl)ccc2N1. The van der Waals surface area contributed by atoms with Crippen LogP contribution >= 0.6 is 11.6 Å². The van der Waals surface area contributed by atoms with E-state index in [1.807, 2.05) is 48.5 Å². The predicted octanol–water partition coefficient (Wildman–Crippen LogP) is 5.82. The molecule has 25 heavy (non-hydrogen) atoms. The zero-order valence-electron chi connectivity index (χ0n) is 13.8. The molecule has 3 aromatic carbocycles. The zero-order chi connectivity index (χ0) is 17.4. The Balaban J connectivity index is 1.92. The van der Waals surface area contributed by atoms with E-state index in [9.17, 15) is 5.11 Å². The Bertz CT molecular complexity index is 948. The molecule has 0 fully saturated rings. The number of nitrogens with one attached hydrogen (secondary N) is 1. The van der Waals surface area contributed by atoms with Gasteiger partial charge in [-0.1, -0.05) is 54.1 Å². The van der Waals surface area contributed by atoms with E-state index in [0.29, 0.717) is 0 Å². The third-order valence-corrected chi connectivity index (χ3v) is 4.89. The lowest BCUT2D eigenvalue weighted by molar-refractivity contribution is 0.474. The molecule has 0 bridgehead atoms. The van der Waals surface area contributed by atoms with Gasteiger partial charge in [0.05, 0.1) is 5.54 Å². The number of fused-ring (bicyclic) bond motifs is 1. The second-order valence-electron chi connectivity index (χ2n) is 6.49. The normalized spacial score (nSPS) is 18.9. The van der Waals surface area contributed by atoms with E-state index < -0.39 is 0 Å². The van der Waals surface area contributed by atoms with E-state index in [4.69, 9.17) is 11.6 Å². The summed E-state index contributed by atoms with van der Waals surface area (Å²) >= 11 is 6.25. The quantitative estimate of drug-likeness (QED) is 0.612. The minimum absolute atomic E-state index is 0.266. The number of rotatable bonds is 2. The van der Waals surface area contributed by atoms with Crippen molar-refractivity contribution >= 4 is 22.9 Å². The number of phenols is 1. The van der Waals surface area contributed by atoms with Crippen LogP contribution in [-0.2, 0) is 5.54 Å². The molecule has 2 nitrogen and oxygen atoms in total. The van der Waals surface area contributed by atoms with Crippen molar-refractivity contribution in [3.8, 4) is 5.75 Å². The van der Waals surface area contributed by atoms with E-state index in [1.165, 1.54) is 0 Å². The van der Waals surface area contributed by atoms with Gasteiger partial charge in [-0.05, 0) is 60.0 Å². The second kappa shape index (κ2) is 5.98. The Morgan fingerprint density at radius 2 is 1.64 bits per heavy atom. The van der Waals surface area contributed by atoms with Crippen LogP contribution in [0, 0.1) is 0 Å². The molecule has 0 radical (unpaired) electrons. The molecular formula is C22H18ClNO. The van der Waals surface area contributed by atoms with Crippen LogP contribution in [0.5, 0.6) is 5.75 Å². The lowest BCUT2D eigenvalue weighted by atomic mass is 9.82. The van der Waals surface area contributed by atoms with Crippen molar-refractivity contribution in [2.24, 2.45) is 0 Å². The third kappa shape index (κ3) is 2.90. The highest BCUT2D eigenvalue weighted by molar-refractivity contribution is 6.31. The molecule has 1 unspecified atom stereocenters. The predicted molar refractivity (Wildman–Crippen MR) is 104 cm³/mol. The summed E-state index contributed by atoms with van der Waals surface area (Å²) in [4.78, 5) is 0. The monoisotopic (exact) mass is 347 g/mol. The fourth-order valence-electron chi connectivity index (χ4n) is 3.35. The highest BCUT2D eigenvalue weighted by atomic mass is 35.5. The van der Waals surface area contributed by atoms with Gasteiger partial charge in [0, 0.05) is 16.3 Å². The van der Waals surface area contributed by atoms with E-state index in [1.54, 1.807) is 12.1 Å². The van der Waals surface area contributed by atoms with Crippen molar-refractivity contribution in [2.45, 2.75) is 12.5 Å². The summed E-state index contributed by atoms with van der Waals surface area (Å²) in [6.45, 7) is 2.14. The van der Waals surface area contributed by atoms with Crippen LogP contribution in [-0.4, -0.2) is 5.11 Å². The van der Waals surface area contributed by atoms with Crippen LogP contribution < -0.4 is 5.32 Å². The number of hydrogen-bond donors (Lipinski definition) is 2. The lowest BCUT2D eigenvalue weighted by Gasteiger charge is -2.36. The molecule has 0 saturated carbocycles. The maximum Gasteiger partial charge on any atom is 0.115 e. The molecule has 124 valence electrons. The number of phenolic OH excluding ortho intramolecular Hbond substituents is 1. The smallest absolute Gasteiger partial charge is 0.115 e. The van der Waals surface area contributed by atoms with Gasteiger partial charge in [-0.2, -0.15) is 0 Å². The second-order valence-corrected chi connectivity index (χ2v) is 6.92. The van der Waals surface area contributed by atoms with Gasteiger partial charge in [0.25, 0.3) is 0 Å². The summed E-state index contributed by atoms with van der Waals surface area (Å²) in [6, 6.07) is 23.6. The van der Waals surface area contributed by atoms with Crippen molar-refractivity contribution in [3.63, 3.8) is 0 Å². The standard InChI is InChI=1S/C22H18ClNO/c1-22(16-7-10-18(25)11-8-16)14-20(15-5-3-2-4-6-15)19-13-17(23)9-12-21(19)24-22/h2-14,24-25H,1H3. The van der Waals surface area contributed by atoms with Gasteiger partial charge in [-0.15, -0.1) is 0 Å². The summed E-state index contributed by atoms with van der Waals surface area (Å²) in [6.07, 6.45) is 2.23. The molecule has 1 aliphatic rings. The lowest BCUT2D eigenvalue weighted by Crippen LogP contribution is -2.33. The van der Waals surface area contributed by atoms with Crippen LogP contribution in [0.3, 0.4) is 0 Å². The van der Waals surface area contributed by atoms with Gasteiger partial charge in [-0.3, -0.25) is 0 Å². The van der Waals surface area contributed by atoms with Crippen molar-refractivity contribution in [1.82, 2.24) is 0 Å². The summed E-state index contributed by atoms with van der Waals surface area (Å²) in [7, 11) is 0. The van der Waals surface area contributed by atoms with Crippen molar-refractivity contribution in [3.05, 3.63) is 101 Å². The number of halogens is 1. The summed E-state index contributed by atoms with van der Waals surface area (Å²) < 4.78 is 0. The molecule has 1 heterocycles. The molecule has 4 rings (SSSR count). The fourth-order valence-corrected chi connectivity index (χ4v) is 3.52. The first-order valence-electron chi connectivity index (χ1n) is 8.21.